The Morgan fingerprint density at radius 1 is 1.09 bits per heavy atom. The van der Waals surface area contributed by atoms with Gasteiger partial charge in [0.15, 0.2) is 5.78 Å². The number of carbonyl (C=O) groups excluding carboxylic acids is 1. The van der Waals surface area contributed by atoms with Crippen molar-refractivity contribution in [2.24, 2.45) is 0 Å². The monoisotopic (exact) mass is 297 g/mol. The summed E-state index contributed by atoms with van der Waals surface area (Å²) in [7, 11) is 0. The standard InChI is InChI=1S/C19H20FNO/c1-14-7-5-6-12-21(14)18-11-10-16(13-17(18)20)19(22)15-8-3-2-4-9-15/h2-4,8-11,13-14H,5-7,12H2,1H3/t14-/m1/s1. The molecule has 2 aromatic carbocycles. The van der Waals surface area contributed by atoms with E-state index in [-0.39, 0.29) is 11.6 Å². The summed E-state index contributed by atoms with van der Waals surface area (Å²) in [6.45, 7) is 3.01. The highest BCUT2D eigenvalue weighted by Crippen LogP contribution is 2.28. The van der Waals surface area contributed by atoms with E-state index in [2.05, 4.69) is 11.8 Å². The average molecular weight is 297 g/mol. The molecule has 1 heterocycles. The highest BCUT2D eigenvalue weighted by atomic mass is 19.1. The van der Waals surface area contributed by atoms with Gasteiger partial charge < -0.3 is 4.90 Å². The number of benzene rings is 2. The van der Waals surface area contributed by atoms with Crippen molar-refractivity contribution < 1.29 is 9.18 Å². The number of halogens is 1. The van der Waals surface area contributed by atoms with Gasteiger partial charge in [-0.15, -0.1) is 0 Å². The maximum Gasteiger partial charge on any atom is 0.193 e. The van der Waals surface area contributed by atoms with Crippen LogP contribution in [0.3, 0.4) is 0 Å². The molecule has 0 aliphatic carbocycles. The van der Waals surface area contributed by atoms with Gasteiger partial charge in [-0.2, -0.15) is 0 Å². The molecule has 2 aromatic rings. The molecule has 0 N–H and O–H groups in total. The smallest absolute Gasteiger partial charge is 0.193 e. The lowest BCUT2D eigenvalue weighted by Gasteiger charge is -2.35. The Hall–Kier alpha value is -2.16. The lowest BCUT2D eigenvalue weighted by atomic mass is 10.00. The third-order valence-electron chi connectivity index (χ3n) is 4.36. The minimum absolute atomic E-state index is 0.141. The van der Waals surface area contributed by atoms with Gasteiger partial charge >= 0.3 is 0 Å². The van der Waals surface area contributed by atoms with Crippen LogP contribution in [0, 0.1) is 5.82 Å². The van der Waals surface area contributed by atoms with E-state index in [1.54, 1.807) is 24.3 Å². The number of piperidine rings is 1. The lowest BCUT2D eigenvalue weighted by molar-refractivity contribution is 0.103. The van der Waals surface area contributed by atoms with Gasteiger partial charge in [0.05, 0.1) is 5.69 Å². The first-order chi connectivity index (χ1) is 10.7. The maximum atomic E-state index is 14.5. The summed E-state index contributed by atoms with van der Waals surface area (Å²) in [5, 5.41) is 0. The van der Waals surface area contributed by atoms with Gasteiger partial charge in [0.25, 0.3) is 0 Å². The van der Waals surface area contributed by atoms with Crippen molar-refractivity contribution in [3.63, 3.8) is 0 Å². The largest absolute Gasteiger partial charge is 0.366 e. The fraction of sp³-hybridized carbons (Fsp3) is 0.316. The molecule has 0 unspecified atom stereocenters. The van der Waals surface area contributed by atoms with Gasteiger partial charge in [-0.3, -0.25) is 4.79 Å². The van der Waals surface area contributed by atoms with Crippen molar-refractivity contribution >= 4 is 11.5 Å². The van der Waals surface area contributed by atoms with Crippen molar-refractivity contribution in [1.29, 1.82) is 0 Å². The fourth-order valence-corrected chi connectivity index (χ4v) is 3.09. The molecule has 2 nitrogen and oxygen atoms in total. The molecule has 1 aliphatic rings. The Labute approximate surface area is 130 Å². The number of hydrogen-bond acceptors (Lipinski definition) is 2. The predicted molar refractivity (Wildman–Crippen MR) is 86.9 cm³/mol. The SMILES string of the molecule is C[C@@H]1CCCCN1c1ccc(C(=O)c2ccccc2)cc1F. The Balaban J connectivity index is 1.87. The number of nitrogens with zero attached hydrogens (tertiary/aromatic N) is 1. The van der Waals surface area contributed by atoms with Crippen LogP contribution in [0.4, 0.5) is 10.1 Å². The molecule has 0 amide bonds. The Morgan fingerprint density at radius 3 is 2.55 bits per heavy atom. The highest BCUT2D eigenvalue weighted by molar-refractivity contribution is 6.09. The first-order valence-electron chi connectivity index (χ1n) is 7.83. The zero-order valence-corrected chi connectivity index (χ0v) is 12.8. The summed E-state index contributed by atoms with van der Waals surface area (Å²) in [6, 6.07) is 14.2. The van der Waals surface area contributed by atoms with Crippen molar-refractivity contribution in [3.8, 4) is 0 Å². The van der Waals surface area contributed by atoms with E-state index in [0.29, 0.717) is 22.9 Å². The van der Waals surface area contributed by atoms with Crippen LogP contribution in [0.15, 0.2) is 48.5 Å². The van der Waals surface area contributed by atoms with Crippen LogP contribution in [0.1, 0.15) is 42.1 Å². The summed E-state index contributed by atoms with van der Waals surface area (Å²) < 4.78 is 14.5. The zero-order valence-electron chi connectivity index (χ0n) is 12.8. The normalized spacial score (nSPS) is 18.3. The van der Waals surface area contributed by atoms with E-state index in [0.717, 1.165) is 19.4 Å². The van der Waals surface area contributed by atoms with E-state index in [1.807, 2.05) is 18.2 Å². The van der Waals surface area contributed by atoms with Crippen molar-refractivity contribution in [3.05, 3.63) is 65.5 Å². The maximum absolute atomic E-state index is 14.5. The van der Waals surface area contributed by atoms with Crippen LogP contribution >= 0.6 is 0 Å². The molecule has 0 aromatic heterocycles. The second-order valence-corrected chi connectivity index (χ2v) is 5.90. The lowest BCUT2D eigenvalue weighted by Crippen LogP contribution is -2.38. The fourth-order valence-electron chi connectivity index (χ4n) is 3.09. The number of carbonyl (C=O) groups is 1. The zero-order chi connectivity index (χ0) is 15.5. The van der Waals surface area contributed by atoms with Crippen molar-refractivity contribution in [2.75, 3.05) is 11.4 Å². The second kappa shape index (κ2) is 6.30. The van der Waals surface area contributed by atoms with Crippen LogP contribution in [0.25, 0.3) is 0 Å². The molecular weight excluding hydrogens is 277 g/mol. The molecular formula is C19H20FNO. The molecule has 22 heavy (non-hydrogen) atoms. The molecule has 1 fully saturated rings. The summed E-state index contributed by atoms with van der Waals surface area (Å²) >= 11 is 0. The predicted octanol–water partition coefficient (Wildman–Crippen LogP) is 4.44. The molecule has 1 atom stereocenters. The van der Waals surface area contributed by atoms with Gasteiger partial charge in [-0.1, -0.05) is 30.3 Å². The highest BCUT2D eigenvalue weighted by Gasteiger charge is 2.22. The Morgan fingerprint density at radius 2 is 1.86 bits per heavy atom. The van der Waals surface area contributed by atoms with Crippen LogP contribution in [0.2, 0.25) is 0 Å². The van der Waals surface area contributed by atoms with E-state index in [1.165, 1.54) is 12.5 Å². The quantitative estimate of drug-likeness (QED) is 0.781. The van der Waals surface area contributed by atoms with E-state index >= 15 is 0 Å². The van der Waals surface area contributed by atoms with Gasteiger partial charge in [0.2, 0.25) is 0 Å². The number of rotatable bonds is 3. The molecule has 3 heteroatoms. The van der Waals surface area contributed by atoms with Gasteiger partial charge in [-0.05, 0) is 44.4 Å². The summed E-state index contributed by atoms with van der Waals surface area (Å²) in [6.07, 6.45) is 3.38. The van der Waals surface area contributed by atoms with E-state index in [4.69, 9.17) is 0 Å². The first-order valence-corrected chi connectivity index (χ1v) is 7.83. The van der Waals surface area contributed by atoms with Gasteiger partial charge in [0, 0.05) is 23.7 Å². The molecule has 3 rings (SSSR count). The minimum atomic E-state index is -0.310. The second-order valence-electron chi connectivity index (χ2n) is 5.90. The molecule has 0 spiro atoms. The number of ketones is 1. The summed E-state index contributed by atoms with van der Waals surface area (Å²) in [4.78, 5) is 14.5. The number of hydrogen-bond donors (Lipinski definition) is 0. The third-order valence-corrected chi connectivity index (χ3v) is 4.36. The summed E-state index contributed by atoms with van der Waals surface area (Å²) in [5.74, 6) is -0.451. The topological polar surface area (TPSA) is 20.3 Å². The Bertz CT molecular complexity index is 668. The molecule has 114 valence electrons. The van der Waals surface area contributed by atoms with Crippen molar-refractivity contribution in [2.45, 2.75) is 32.2 Å². The van der Waals surface area contributed by atoms with E-state index in [9.17, 15) is 9.18 Å². The summed E-state index contributed by atoms with van der Waals surface area (Å²) in [5.41, 5.74) is 1.59. The molecule has 1 aliphatic heterocycles. The molecule has 1 saturated heterocycles. The minimum Gasteiger partial charge on any atom is -0.366 e. The number of anilines is 1. The van der Waals surface area contributed by atoms with Crippen LogP contribution in [-0.4, -0.2) is 18.4 Å². The first kappa shape index (κ1) is 14.8. The average Bonchev–Trinajstić information content (AvgIpc) is 2.56. The van der Waals surface area contributed by atoms with E-state index < -0.39 is 0 Å². The molecule has 0 saturated carbocycles. The van der Waals surface area contributed by atoms with Gasteiger partial charge in [0.1, 0.15) is 5.82 Å². The van der Waals surface area contributed by atoms with Crippen molar-refractivity contribution in [1.82, 2.24) is 0 Å². The third kappa shape index (κ3) is 2.89. The van der Waals surface area contributed by atoms with Crippen LogP contribution in [0.5, 0.6) is 0 Å². The molecule has 0 radical (unpaired) electrons. The van der Waals surface area contributed by atoms with Gasteiger partial charge in [-0.25, -0.2) is 4.39 Å². The van der Waals surface area contributed by atoms with Crippen LogP contribution in [-0.2, 0) is 0 Å². The van der Waals surface area contributed by atoms with Crippen LogP contribution < -0.4 is 4.90 Å². The Kier molecular flexibility index (Phi) is 4.23. The molecule has 0 bridgehead atoms.